The van der Waals surface area contributed by atoms with Crippen LogP contribution < -0.4 is 10.1 Å². The Morgan fingerprint density at radius 3 is 2.76 bits per heavy atom. The quantitative estimate of drug-likeness (QED) is 0.859. The number of hydrogen-bond acceptors (Lipinski definition) is 4. The lowest BCUT2D eigenvalue weighted by molar-refractivity contribution is -0.126. The topological polar surface area (TPSA) is 61.8 Å². The molecule has 1 amide bonds. The Morgan fingerprint density at radius 1 is 1.43 bits per heavy atom. The van der Waals surface area contributed by atoms with Gasteiger partial charge in [0.1, 0.15) is 5.75 Å². The lowest BCUT2D eigenvalue weighted by Crippen LogP contribution is -2.45. The van der Waals surface area contributed by atoms with Gasteiger partial charge < -0.3 is 15.2 Å². The van der Waals surface area contributed by atoms with Crippen LogP contribution in [-0.4, -0.2) is 48.3 Å². The average Bonchev–Trinajstić information content (AvgIpc) is 2.92. The maximum atomic E-state index is 12.3. The van der Waals surface area contributed by atoms with Gasteiger partial charge in [-0.25, -0.2) is 0 Å². The van der Waals surface area contributed by atoms with Gasteiger partial charge >= 0.3 is 0 Å². The second-order valence-electron chi connectivity index (χ2n) is 5.59. The molecule has 0 aromatic heterocycles. The third kappa shape index (κ3) is 3.74. The van der Waals surface area contributed by atoms with Crippen LogP contribution in [0.5, 0.6) is 5.75 Å². The first-order valence-electron chi connectivity index (χ1n) is 7.38. The summed E-state index contributed by atoms with van der Waals surface area (Å²) in [4.78, 5) is 14.4. The van der Waals surface area contributed by atoms with Crippen LogP contribution in [0.15, 0.2) is 24.3 Å². The van der Waals surface area contributed by atoms with Crippen LogP contribution in [0.1, 0.15) is 31.9 Å². The van der Waals surface area contributed by atoms with Crippen molar-refractivity contribution in [2.75, 3.05) is 20.2 Å². The van der Waals surface area contributed by atoms with E-state index < -0.39 is 0 Å². The molecule has 2 unspecified atom stereocenters. The number of carbonyl (C=O) groups excluding carboxylic acids is 1. The summed E-state index contributed by atoms with van der Waals surface area (Å²) >= 11 is 0. The fourth-order valence-electron chi connectivity index (χ4n) is 2.72. The molecule has 116 valence electrons. The molecule has 0 saturated carbocycles. The van der Waals surface area contributed by atoms with E-state index in [-0.39, 0.29) is 24.1 Å². The van der Waals surface area contributed by atoms with Crippen LogP contribution in [0.4, 0.5) is 0 Å². The van der Waals surface area contributed by atoms with Crippen molar-refractivity contribution in [3.05, 3.63) is 29.8 Å². The van der Waals surface area contributed by atoms with Crippen LogP contribution in [0.2, 0.25) is 0 Å². The average molecular weight is 292 g/mol. The molecule has 2 rings (SSSR count). The predicted molar refractivity (Wildman–Crippen MR) is 81.2 cm³/mol. The Kier molecular flexibility index (Phi) is 5.20. The van der Waals surface area contributed by atoms with Gasteiger partial charge in [-0.15, -0.1) is 0 Å². The highest BCUT2D eigenvalue weighted by molar-refractivity contribution is 5.81. The molecule has 0 aliphatic carbocycles. The van der Waals surface area contributed by atoms with Crippen molar-refractivity contribution >= 4 is 5.91 Å². The number of benzene rings is 1. The fourth-order valence-corrected chi connectivity index (χ4v) is 2.72. The highest BCUT2D eigenvalue weighted by Gasteiger charge is 2.29. The van der Waals surface area contributed by atoms with Crippen molar-refractivity contribution in [2.45, 2.75) is 38.5 Å². The van der Waals surface area contributed by atoms with Crippen molar-refractivity contribution in [3.8, 4) is 5.75 Å². The van der Waals surface area contributed by atoms with Gasteiger partial charge in [0, 0.05) is 18.7 Å². The summed E-state index contributed by atoms with van der Waals surface area (Å²) in [5, 5.41) is 12.6. The maximum absolute atomic E-state index is 12.3. The maximum Gasteiger partial charge on any atom is 0.237 e. The van der Waals surface area contributed by atoms with Crippen molar-refractivity contribution in [2.24, 2.45) is 0 Å². The summed E-state index contributed by atoms with van der Waals surface area (Å²) in [6.07, 6.45) is 0.423. The molecule has 1 saturated heterocycles. The van der Waals surface area contributed by atoms with Gasteiger partial charge in [-0.05, 0) is 26.3 Å². The van der Waals surface area contributed by atoms with Crippen molar-refractivity contribution in [3.63, 3.8) is 0 Å². The highest BCUT2D eigenvalue weighted by Crippen LogP contribution is 2.24. The Balaban J connectivity index is 1.98. The zero-order valence-electron chi connectivity index (χ0n) is 12.9. The molecule has 0 radical (unpaired) electrons. The van der Waals surface area contributed by atoms with E-state index in [2.05, 4.69) is 5.32 Å². The van der Waals surface area contributed by atoms with Gasteiger partial charge in [-0.2, -0.15) is 0 Å². The molecule has 2 N–H and O–H groups in total. The van der Waals surface area contributed by atoms with E-state index in [1.165, 1.54) is 0 Å². The molecular weight excluding hydrogens is 268 g/mol. The van der Waals surface area contributed by atoms with Gasteiger partial charge in [0.2, 0.25) is 5.91 Å². The van der Waals surface area contributed by atoms with E-state index >= 15 is 0 Å². The van der Waals surface area contributed by atoms with Gasteiger partial charge in [0.05, 0.1) is 25.3 Å². The van der Waals surface area contributed by atoms with Crippen LogP contribution in [0, 0.1) is 0 Å². The number of carbonyl (C=O) groups is 1. The SMILES string of the molecule is COc1ccccc1C(C)NC(=O)C(C)N1CC[C@@H](O)C1. The molecule has 1 aromatic rings. The predicted octanol–water partition coefficient (Wildman–Crippen LogP) is 1.33. The molecule has 3 atom stereocenters. The molecule has 1 aliphatic heterocycles. The van der Waals surface area contributed by atoms with Crippen molar-refractivity contribution in [1.29, 1.82) is 0 Å². The van der Waals surface area contributed by atoms with Crippen LogP contribution >= 0.6 is 0 Å². The van der Waals surface area contributed by atoms with Gasteiger partial charge in [-0.1, -0.05) is 18.2 Å². The second-order valence-corrected chi connectivity index (χ2v) is 5.59. The van der Waals surface area contributed by atoms with Crippen LogP contribution in [0.3, 0.4) is 0 Å². The lowest BCUT2D eigenvalue weighted by Gasteiger charge is -2.25. The van der Waals surface area contributed by atoms with E-state index in [0.29, 0.717) is 6.54 Å². The highest BCUT2D eigenvalue weighted by atomic mass is 16.5. The Labute approximate surface area is 125 Å². The Morgan fingerprint density at radius 2 is 2.14 bits per heavy atom. The summed E-state index contributed by atoms with van der Waals surface area (Å²) in [7, 11) is 1.63. The number of para-hydroxylation sites is 1. The molecule has 21 heavy (non-hydrogen) atoms. The summed E-state index contributed by atoms with van der Waals surface area (Å²) in [5.41, 5.74) is 0.960. The minimum Gasteiger partial charge on any atom is -0.496 e. The number of nitrogens with zero attached hydrogens (tertiary/aromatic N) is 1. The number of aliphatic hydroxyl groups is 1. The summed E-state index contributed by atoms with van der Waals surface area (Å²) in [6, 6.07) is 7.32. The van der Waals surface area contributed by atoms with E-state index in [9.17, 15) is 9.90 Å². The first kappa shape index (κ1) is 15.8. The minimum atomic E-state index is -0.313. The van der Waals surface area contributed by atoms with Gasteiger partial charge in [-0.3, -0.25) is 9.69 Å². The monoisotopic (exact) mass is 292 g/mol. The molecule has 1 aromatic carbocycles. The summed E-state index contributed by atoms with van der Waals surface area (Å²) in [6.45, 7) is 5.15. The molecular formula is C16H24N2O3. The van der Waals surface area contributed by atoms with E-state index in [0.717, 1.165) is 24.3 Å². The van der Waals surface area contributed by atoms with E-state index in [4.69, 9.17) is 4.74 Å². The number of rotatable bonds is 5. The van der Waals surface area contributed by atoms with E-state index in [1.54, 1.807) is 7.11 Å². The minimum absolute atomic E-state index is 0.0255. The Hall–Kier alpha value is -1.59. The first-order chi connectivity index (χ1) is 10.0. The van der Waals surface area contributed by atoms with Gasteiger partial charge in [0.25, 0.3) is 0 Å². The zero-order valence-corrected chi connectivity index (χ0v) is 12.9. The normalized spacial score (nSPS) is 21.8. The smallest absolute Gasteiger partial charge is 0.237 e. The Bertz CT molecular complexity index is 492. The third-order valence-corrected chi connectivity index (χ3v) is 4.09. The molecule has 0 bridgehead atoms. The van der Waals surface area contributed by atoms with Gasteiger partial charge in [0.15, 0.2) is 0 Å². The molecule has 1 heterocycles. The van der Waals surface area contributed by atoms with E-state index in [1.807, 2.05) is 43.0 Å². The summed E-state index contributed by atoms with van der Waals surface area (Å²) < 4.78 is 5.33. The summed E-state index contributed by atoms with van der Waals surface area (Å²) in [5.74, 6) is 0.747. The number of ether oxygens (including phenoxy) is 1. The third-order valence-electron chi connectivity index (χ3n) is 4.09. The zero-order chi connectivity index (χ0) is 15.4. The molecule has 5 nitrogen and oxygen atoms in total. The largest absolute Gasteiger partial charge is 0.496 e. The van der Waals surface area contributed by atoms with Crippen molar-refractivity contribution in [1.82, 2.24) is 10.2 Å². The molecule has 1 aliphatic rings. The fraction of sp³-hybridized carbons (Fsp3) is 0.562. The molecule has 1 fully saturated rings. The first-order valence-corrected chi connectivity index (χ1v) is 7.38. The number of aliphatic hydroxyl groups excluding tert-OH is 1. The number of likely N-dealkylation sites (tertiary alicyclic amines) is 1. The molecule has 0 spiro atoms. The number of nitrogens with one attached hydrogen (secondary N) is 1. The lowest BCUT2D eigenvalue weighted by atomic mass is 10.1. The number of β-amino-alcohol motifs (C(OH)–C–C–N with tert-alkyl or cyclic N) is 1. The number of amides is 1. The standard InChI is InChI=1S/C16H24N2O3/c1-11(14-6-4-5-7-15(14)21-3)17-16(20)12(2)18-9-8-13(19)10-18/h4-7,11-13,19H,8-10H2,1-3H3,(H,17,20)/t11?,12?,13-/m1/s1. The van der Waals surface area contributed by atoms with Crippen LogP contribution in [-0.2, 0) is 4.79 Å². The number of methoxy groups -OCH3 is 1. The number of hydrogen-bond donors (Lipinski definition) is 2. The second kappa shape index (κ2) is 6.91. The van der Waals surface area contributed by atoms with Crippen LogP contribution in [0.25, 0.3) is 0 Å². The molecule has 5 heteroatoms. The van der Waals surface area contributed by atoms with Crippen molar-refractivity contribution < 1.29 is 14.6 Å².